The third-order valence-electron chi connectivity index (χ3n) is 5.13. The van der Waals surface area contributed by atoms with Gasteiger partial charge in [0.2, 0.25) is 5.91 Å². The summed E-state index contributed by atoms with van der Waals surface area (Å²) in [6.07, 6.45) is 0.0835. The van der Waals surface area contributed by atoms with Crippen molar-refractivity contribution in [3.63, 3.8) is 0 Å². The largest absolute Gasteiger partial charge is 0.421 e. The molecule has 0 bridgehead atoms. The van der Waals surface area contributed by atoms with Crippen molar-refractivity contribution in [3.8, 4) is 0 Å². The lowest BCUT2D eigenvalue weighted by atomic mass is 10.1. The first kappa shape index (κ1) is 21.0. The molecule has 8 heteroatoms. The molecule has 1 aromatic heterocycles. The number of likely N-dealkylation sites (N-methyl/N-ethyl adjacent to an activating group) is 1. The molecule has 1 saturated heterocycles. The lowest BCUT2D eigenvalue weighted by molar-refractivity contribution is -0.139. The molecule has 0 unspecified atom stereocenters. The third-order valence-corrected chi connectivity index (χ3v) is 5.13. The van der Waals surface area contributed by atoms with Crippen molar-refractivity contribution in [2.24, 2.45) is 0 Å². The van der Waals surface area contributed by atoms with Crippen LogP contribution >= 0.6 is 0 Å². The average Bonchev–Trinajstić information content (AvgIpc) is 2.70. The van der Waals surface area contributed by atoms with Crippen LogP contribution in [0.2, 0.25) is 0 Å². The SMILES string of the molecule is CN(Cc1ccc(N2CCCCC2)cc1)C(=O)Cn1cccc(C(F)(F)F)c1=O. The van der Waals surface area contributed by atoms with E-state index in [4.69, 9.17) is 0 Å². The standard InChI is InChI=1S/C21H24F3N3O2/c1-25(14-16-7-9-17(10-8-16)26-11-3-2-4-12-26)19(28)15-27-13-5-6-18(20(27)29)21(22,23)24/h5-10,13H,2-4,11-12,14-15H2,1H3. The highest BCUT2D eigenvalue weighted by Crippen LogP contribution is 2.26. The highest BCUT2D eigenvalue weighted by molar-refractivity contribution is 5.75. The summed E-state index contributed by atoms with van der Waals surface area (Å²) in [7, 11) is 1.57. The van der Waals surface area contributed by atoms with Gasteiger partial charge in [-0.25, -0.2) is 0 Å². The summed E-state index contributed by atoms with van der Waals surface area (Å²) in [5.41, 5.74) is -0.424. The lowest BCUT2D eigenvalue weighted by Crippen LogP contribution is -2.35. The van der Waals surface area contributed by atoms with E-state index in [-0.39, 0.29) is 0 Å². The lowest BCUT2D eigenvalue weighted by Gasteiger charge is -2.29. The Balaban J connectivity index is 1.63. The summed E-state index contributed by atoms with van der Waals surface area (Å²) >= 11 is 0. The fourth-order valence-electron chi connectivity index (χ4n) is 3.47. The van der Waals surface area contributed by atoms with Crippen LogP contribution in [0.1, 0.15) is 30.4 Å². The smallest absolute Gasteiger partial charge is 0.372 e. The van der Waals surface area contributed by atoms with Gasteiger partial charge in [0.25, 0.3) is 5.56 Å². The Morgan fingerprint density at radius 2 is 1.72 bits per heavy atom. The maximum absolute atomic E-state index is 12.9. The number of pyridine rings is 1. The monoisotopic (exact) mass is 407 g/mol. The summed E-state index contributed by atoms with van der Waals surface area (Å²) < 4.78 is 39.4. The fraction of sp³-hybridized carbons (Fsp3) is 0.429. The molecule has 0 spiro atoms. The molecule has 0 saturated carbocycles. The van der Waals surface area contributed by atoms with E-state index in [1.165, 1.54) is 30.4 Å². The van der Waals surface area contributed by atoms with Crippen LogP contribution in [0, 0.1) is 0 Å². The minimum Gasteiger partial charge on any atom is -0.372 e. The van der Waals surface area contributed by atoms with E-state index in [0.29, 0.717) is 6.54 Å². The first-order chi connectivity index (χ1) is 13.8. The van der Waals surface area contributed by atoms with Crippen LogP contribution in [0.4, 0.5) is 18.9 Å². The predicted molar refractivity (Wildman–Crippen MR) is 105 cm³/mol. The molecule has 0 aliphatic carbocycles. The molecule has 0 radical (unpaired) electrons. The van der Waals surface area contributed by atoms with Gasteiger partial charge in [0.15, 0.2) is 0 Å². The number of nitrogens with zero attached hydrogens (tertiary/aromatic N) is 3. The van der Waals surface area contributed by atoms with Crippen molar-refractivity contribution in [1.29, 1.82) is 0 Å². The topological polar surface area (TPSA) is 45.5 Å². The highest BCUT2D eigenvalue weighted by Gasteiger charge is 2.34. The zero-order chi connectivity index (χ0) is 21.0. The molecule has 0 N–H and O–H groups in total. The molecule has 1 amide bonds. The molecule has 2 heterocycles. The summed E-state index contributed by atoms with van der Waals surface area (Å²) in [5, 5.41) is 0. The molecular weight excluding hydrogens is 383 g/mol. The summed E-state index contributed by atoms with van der Waals surface area (Å²) in [6.45, 7) is 1.96. The quantitative estimate of drug-likeness (QED) is 0.762. The van der Waals surface area contributed by atoms with Gasteiger partial charge in [0, 0.05) is 38.6 Å². The van der Waals surface area contributed by atoms with Gasteiger partial charge in [0.05, 0.1) is 0 Å². The van der Waals surface area contributed by atoms with Crippen molar-refractivity contribution < 1.29 is 18.0 Å². The van der Waals surface area contributed by atoms with E-state index in [1.807, 2.05) is 24.3 Å². The normalized spacial score (nSPS) is 14.7. The number of hydrogen-bond donors (Lipinski definition) is 0. The van der Waals surface area contributed by atoms with E-state index < -0.39 is 29.8 Å². The van der Waals surface area contributed by atoms with Crippen molar-refractivity contribution in [3.05, 3.63) is 64.1 Å². The van der Waals surface area contributed by atoms with Crippen molar-refractivity contribution in [2.75, 3.05) is 25.0 Å². The van der Waals surface area contributed by atoms with Gasteiger partial charge in [-0.05, 0) is 49.1 Å². The number of halogens is 3. The van der Waals surface area contributed by atoms with Crippen LogP contribution in [0.15, 0.2) is 47.4 Å². The predicted octanol–water partition coefficient (Wildman–Crippen LogP) is 3.52. The Hall–Kier alpha value is -2.77. The minimum absolute atomic E-state index is 0.312. The first-order valence-electron chi connectivity index (χ1n) is 9.60. The van der Waals surface area contributed by atoms with Gasteiger partial charge in [-0.1, -0.05) is 12.1 Å². The number of carbonyl (C=O) groups excluding carboxylic acids is 1. The molecule has 1 aliphatic heterocycles. The molecule has 2 aromatic rings. The molecule has 156 valence electrons. The Kier molecular flexibility index (Phi) is 6.30. The Morgan fingerprint density at radius 1 is 1.07 bits per heavy atom. The van der Waals surface area contributed by atoms with Gasteiger partial charge >= 0.3 is 6.18 Å². The van der Waals surface area contributed by atoms with Crippen molar-refractivity contribution in [1.82, 2.24) is 9.47 Å². The maximum atomic E-state index is 12.9. The molecule has 3 rings (SSSR count). The number of piperidine rings is 1. The minimum atomic E-state index is -4.74. The second kappa shape index (κ2) is 8.71. The summed E-state index contributed by atoms with van der Waals surface area (Å²) in [4.78, 5) is 28.1. The Morgan fingerprint density at radius 3 is 2.34 bits per heavy atom. The molecule has 5 nitrogen and oxygen atoms in total. The van der Waals surface area contributed by atoms with Crippen LogP contribution in [0.25, 0.3) is 0 Å². The van der Waals surface area contributed by atoms with E-state index >= 15 is 0 Å². The fourth-order valence-corrected chi connectivity index (χ4v) is 3.47. The number of amides is 1. The number of hydrogen-bond acceptors (Lipinski definition) is 3. The maximum Gasteiger partial charge on any atom is 0.421 e. The number of rotatable bonds is 5. The molecular formula is C21H24F3N3O2. The van der Waals surface area contributed by atoms with E-state index in [2.05, 4.69) is 4.90 Å². The molecule has 1 fully saturated rings. The van der Waals surface area contributed by atoms with Gasteiger partial charge in [-0.15, -0.1) is 0 Å². The number of aromatic nitrogens is 1. The summed E-state index contributed by atoms with van der Waals surface area (Å²) in [6, 6.07) is 9.79. The molecule has 1 aromatic carbocycles. The van der Waals surface area contributed by atoms with Crippen LogP contribution in [-0.4, -0.2) is 35.5 Å². The van der Waals surface area contributed by atoms with Crippen LogP contribution in [0.5, 0.6) is 0 Å². The average molecular weight is 407 g/mol. The number of benzene rings is 1. The van der Waals surface area contributed by atoms with Crippen LogP contribution in [0.3, 0.4) is 0 Å². The zero-order valence-electron chi connectivity index (χ0n) is 16.3. The number of anilines is 1. The van der Waals surface area contributed by atoms with Crippen molar-refractivity contribution in [2.45, 2.75) is 38.5 Å². The number of alkyl halides is 3. The van der Waals surface area contributed by atoms with E-state index in [9.17, 15) is 22.8 Å². The van der Waals surface area contributed by atoms with Gasteiger partial charge in [-0.2, -0.15) is 13.2 Å². The van der Waals surface area contributed by atoms with Gasteiger partial charge in [-0.3, -0.25) is 9.59 Å². The Bertz CT molecular complexity index is 901. The second-order valence-electron chi connectivity index (χ2n) is 7.32. The van der Waals surface area contributed by atoms with Gasteiger partial charge < -0.3 is 14.4 Å². The molecule has 29 heavy (non-hydrogen) atoms. The second-order valence-corrected chi connectivity index (χ2v) is 7.32. The van der Waals surface area contributed by atoms with Crippen LogP contribution < -0.4 is 10.5 Å². The molecule has 0 atom stereocenters. The highest BCUT2D eigenvalue weighted by atomic mass is 19.4. The Labute approximate surface area is 167 Å². The summed E-state index contributed by atoms with van der Waals surface area (Å²) in [5.74, 6) is -0.438. The van der Waals surface area contributed by atoms with Crippen molar-refractivity contribution >= 4 is 11.6 Å². The van der Waals surface area contributed by atoms with Gasteiger partial charge in [0.1, 0.15) is 12.1 Å². The zero-order valence-corrected chi connectivity index (χ0v) is 16.3. The first-order valence-corrected chi connectivity index (χ1v) is 9.60. The van der Waals surface area contributed by atoms with E-state index in [1.54, 1.807) is 7.05 Å². The molecule has 1 aliphatic rings. The van der Waals surface area contributed by atoms with E-state index in [0.717, 1.165) is 41.0 Å². The number of carbonyl (C=O) groups is 1. The third kappa shape index (κ3) is 5.19. The van der Waals surface area contributed by atoms with Crippen LogP contribution in [-0.2, 0) is 24.1 Å².